The largest absolute Gasteiger partial charge is 0.494 e. The molecule has 3 heteroatoms. The Morgan fingerprint density at radius 1 is 1.44 bits per heavy atom. The van der Waals surface area contributed by atoms with Crippen molar-refractivity contribution in [2.24, 2.45) is 0 Å². The quantitative estimate of drug-likeness (QED) is 0.888. The van der Waals surface area contributed by atoms with Crippen LogP contribution < -0.4 is 4.74 Å². The first kappa shape index (κ1) is 12.0. The van der Waals surface area contributed by atoms with Crippen molar-refractivity contribution in [1.29, 1.82) is 0 Å². The van der Waals surface area contributed by atoms with Crippen molar-refractivity contribution in [2.75, 3.05) is 19.7 Å². The van der Waals surface area contributed by atoms with Crippen LogP contribution in [0.4, 0.5) is 0 Å². The van der Waals surface area contributed by atoms with Crippen molar-refractivity contribution in [1.82, 2.24) is 4.90 Å². The van der Waals surface area contributed by atoms with Gasteiger partial charge < -0.3 is 9.84 Å². The van der Waals surface area contributed by atoms with Crippen molar-refractivity contribution in [3.05, 3.63) is 29.8 Å². The van der Waals surface area contributed by atoms with Crippen LogP contribution in [-0.4, -0.2) is 35.7 Å². The lowest BCUT2D eigenvalue weighted by molar-refractivity contribution is 0.00918. The Labute approximate surface area is 108 Å². The fourth-order valence-electron chi connectivity index (χ4n) is 3.47. The maximum absolute atomic E-state index is 11.0. The molecule has 0 amide bonds. The highest BCUT2D eigenvalue weighted by molar-refractivity contribution is 5.34. The average Bonchev–Trinajstić information content (AvgIpc) is 2.95. The van der Waals surface area contributed by atoms with Crippen LogP contribution in [0, 0.1) is 0 Å². The van der Waals surface area contributed by atoms with Gasteiger partial charge in [0.25, 0.3) is 0 Å². The third-order valence-electron chi connectivity index (χ3n) is 4.34. The van der Waals surface area contributed by atoms with Gasteiger partial charge in [0.15, 0.2) is 0 Å². The number of fused-ring (bicyclic) bond motifs is 1. The lowest BCUT2D eigenvalue weighted by Crippen LogP contribution is -2.38. The van der Waals surface area contributed by atoms with E-state index < -0.39 is 5.60 Å². The SMILES string of the molecule is CCOc1cccc(C2(O)CCN3CCCC32)c1. The van der Waals surface area contributed by atoms with Crippen LogP contribution in [0.1, 0.15) is 31.7 Å². The predicted octanol–water partition coefficient (Wildman–Crippen LogP) is 2.14. The highest BCUT2D eigenvalue weighted by Gasteiger charge is 2.48. The maximum atomic E-state index is 11.0. The van der Waals surface area contributed by atoms with Crippen LogP contribution in [-0.2, 0) is 5.60 Å². The third-order valence-corrected chi connectivity index (χ3v) is 4.34. The van der Waals surface area contributed by atoms with E-state index in [0.29, 0.717) is 12.6 Å². The molecule has 1 aromatic carbocycles. The Hall–Kier alpha value is -1.06. The lowest BCUT2D eigenvalue weighted by Gasteiger charge is -2.30. The van der Waals surface area contributed by atoms with Gasteiger partial charge in [-0.15, -0.1) is 0 Å². The van der Waals surface area contributed by atoms with E-state index in [4.69, 9.17) is 4.74 Å². The monoisotopic (exact) mass is 247 g/mol. The Morgan fingerprint density at radius 2 is 2.33 bits per heavy atom. The van der Waals surface area contributed by atoms with Crippen molar-refractivity contribution in [3.63, 3.8) is 0 Å². The van der Waals surface area contributed by atoms with E-state index in [2.05, 4.69) is 4.90 Å². The Kier molecular flexibility index (Phi) is 3.04. The minimum Gasteiger partial charge on any atom is -0.494 e. The lowest BCUT2D eigenvalue weighted by atomic mass is 9.85. The Bertz CT molecular complexity index is 434. The van der Waals surface area contributed by atoms with E-state index >= 15 is 0 Å². The smallest absolute Gasteiger partial charge is 0.119 e. The number of benzene rings is 1. The molecule has 2 aliphatic rings. The highest BCUT2D eigenvalue weighted by atomic mass is 16.5. The summed E-state index contributed by atoms with van der Waals surface area (Å²) in [4.78, 5) is 2.42. The van der Waals surface area contributed by atoms with Crippen molar-refractivity contribution in [3.8, 4) is 5.75 Å². The van der Waals surface area contributed by atoms with E-state index in [1.807, 2.05) is 31.2 Å². The molecular formula is C15H21NO2. The molecule has 18 heavy (non-hydrogen) atoms. The molecule has 0 saturated carbocycles. The molecule has 2 atom stereocenters. The molecule has 1 aromatic rings. The van der Waals surface area contributed by atoms with Crippen LogP contribution in [0.5, 0.6) is 5.75 Å². The van der Waals surface area contributed by atoms with Gasteiger partial charge in [0.1, 0.15) is 11.4 Å². The van der Waals surface area contributed by atoms with Crippen LogP contribution in [0.15, 0.2) is 24.3 Å². The summed E-state index contributed by atoms with van der Waals surface area (Å²) in [5, 5.41) is 11.0. The molecule has 0 aromatic heterocycles. The molecule has 0 radical (unpaired) electrons. The van der Waals surface area contributed by atoms with Gasteiger partial charge in [-0.1, -0.05) is 12.1 Å². The summed E-state index contributed by atoms with van der Waals surface area (Å²) in [5.74, 6) is 0.861. The zero-order valence-corrected chi connectivity index (χ0v) is 10.9. The summed E-state index contributed by atoms with van der Waals surface area (Å²) in [5.41, 5.74) is 0.340. The fourth-order valence-corrected chi connectivity index (χ4v) is 3.47. The second-order valence-electron chi connectivity index (χ2n) is 5.33. The van der Waals surface area contributed by atoms with Gasteiger partial charge in [-0.05, 0) is 50.4 Å². The summed E-state index contributed by atoms with van der Waals surface area (Å²) in [6, 6.07) is 8.28. The second-order valence-corrected chi connectivity index (χ2v) is 5.33. The summed E-state index contributed by atoms with van der Waals surface area (Å²) in [7, 11) is 0. The predicted molar refractivity (Wildman–Crippen MR) is 70.7 cm³/mol. The minimum atomic E-state index is -0.677. The van der Waals surface area contributed by atoms with Gasteiger partial charge in [-0.3, -0.25) is 4.90 Å². The molecule has 2 unspecified atom stereocenters. The molecule has 3 nitrogen and oxygen atoms in total. The van der Waals surface area contributed by atoms with Gasteiger partial charge in [0.05, 0.1) is 6.61 Å². The first-order valence-corrected chi connectivity index (χ1v) is 6.94. The van der Waals surface area contributed by atoms with Crippen LogP contribution in [0.3, 0.4) is 0 Å². The first-order valence-electron chi connectivity index (χ1n) is 6.94. The third kappa shape index (κ3) is 1.82. The van der Waals surface area contributed by atoms with Crippen molar-refractivity contribution in [2.45, 2.75) is 37.8 Å². The normalized spacial score (nSPS) is 31.6. The molecule has 2 saturated heterocycles. The zero-order valence-electron chi connectivity index (χ0n) is 10.9. The number of hydrogen-bond donors (Lipinski definition) is 1. The van der Waals surface area contributed by atoms with Crippen LogP contribution >= 0.6 is 0 Å². The summed E-state index contributed by atoms with van der Waals surface area (Å²) in [6.45, 7) is 4.80. The Balaban J connectivity index is 1.91. The van der Waals surface area contributed by atoms with Gasteiger partial charge in [0, 0.05) is 12.6 Å². The molecule has 2 heterocycles. The van der Waals surface area contributed by atoms with Crippen molar-refractivity contribution < 1.29 is 9.84 Å². The van der Waals surface area contributed by atoms with E-state index in [9.17, 15) is 5.11 Å². The number of ether oxygens (including phenoxy) is 1. The van der Waals surface area contributed by atoms with E-state index in [-0.39, 0.29) is 0 Å². The second kappa shape index (κ2) is 4.56. The fraction of sp³-hybridized carbons (Fsp3) is 0.600. The minimum absolute atomic E-state index is 0.300. The molecule has 98 valence electrons. The van der Waals surface area contributed by atoms with Crippen LogP contribution in [0.2, 0.25) is 0 Å². The first-order chi connectivity index (χ1) is 8.74. The summed E-state index contributed by atoms with van der Waals surface area (Å²) < 4.78 is 5.54. The zero-order chi connectivity index (χ0) is 12.6. The molecule has 0 bridgehead atoms. The molecular weight excluding hydrogens is 226 g/mol. The van der Waals surface area contributed by atoms with Gasteiger partial charge >= 0.3 is 0 Å². The number of aliphatic hydroxyl groups is 1. The van der Waals surface area contributed by atoms with Gasteiger partial charge in [0.2, 0.25) is 0 Å². The van der Waals surface area contributed by atoms with E-state index in [0.717, 1.165) is 37.2 Å². The summed E-state index contributed by atoms with van der Waals surface area (Å²) in [6.07, 6.45) is 3.15. The van der Waals surface area contributed by atoms with Gasteiger partial charge in [-0.2, -0.15) is 0 Å². The molecule has 2 aliphatic heterocycles. The summed E-state index contributed by atoms with van der Waals surface area (Å²) >= 11 is 0. The average molecular weight is 247 g/mol. The van der Waals surface area contributed by atoms with E-state index in [1.165, 1.54) is 6.42 Å². The number of hydrogen-bond acceptors (Lipinski definition) is 3. The van der Waals surface area contributed by atoms with Crippen molar-refractivity contribution >= 4 is 0 Å². The van der Waals surface area contributed by atoms with Crippen LogP contribution in [0.25, 0.3) is 0 Å². The molecule has 1 N–H and O–H groups in total. The molecule has 2 fully saturated rings. The molecule has 3 rings (SSSR count). The van der Waals surface area contributed by atoms with Gasteiger partial charge in [-0.25, -0.2) is 0 Å². The molecule has 0 spiro atoms. The standard InChI is InChI=1S/C15H21NO2/c1-2-18-13-6-3-5-12(11-13)15(17)8-10-16-9-4-7-14(15)16/h3,5-6,11,14,17H,2,4,7-10H2,1H3. The molecule has 0 aliphatic carbocycles. The number of nitrogens with zero attached hydrogens (tertiary/aromatic N) is 1. The highest BCUT2D eigenvalue weighted by Crippen LogP contribution is 2.43. The van der Waals surface area contributed by atoms with E-state index in [1.54, 1.807) is 0 Å². The number of rotatable bonds is 3. The topological polar surface area (TPSA) is 32.7 Å². The Morgan fingerprint density at radius 3 is 3.17 bits per heavy atom. The maximum Gasteiger partial charge on any atom is 0.119 e.